The Labute approximate surface area is 443 Å². The number of aromatic nitrogens is 9. The number of benzene rings is 3. The first-order valence-electron chi connectivity index (χ1n) is 23.1. The Morgan fingerprint density at radius 2 is 0.870 bits per heavy atom. The average Bonchev–Trinajstić information content (AvgIpc) is 4.20. The second-order valence-corrected chi connectivity index (χ2v) is 24.3. The van der Waals surface area contributed by atoms with Crippen LogP contribution in [0.3, 0.4) is 0 Å². The molecule has 0 aliphatic carbocycles. The van der Waals surface area contributed by atoms with E-state index in [1.54, 1.807) is 108 Å². The van der Waals surface area contributed by atoms with E-state index in [4.69, 9.17) is 21.2 Å². The lowest BCUT2D eigenvalue weighted by molar-refractivity contribution is 0.0537. The van der Waals surface area contributed by atoms with Crippen molar-refractivity contribution in [2.24, 2.45) is 11.7 Å². The van der Waals surface area contributed by atoms with Crippen molar-refractivity contribution >= 4 is 93.2 Å². The second kappa shape index (κ2) is 22.0. The molecule has 2 amide bonds. The van der Waals surface area contributed by atoms with Crippen LogP contribution in [0.2, 0.25) is 0 Å². The first-order valence-corrected chi connectivity index (χ1v) is 27.4. The predicted octanol–water partition coefficient (Wildman–Crippen LogP) is 6.68. The molecule has 0 aliphatic heterocycles. The van der Waals surface area contributed by atoms with Gasteiger partial charge in [-0.25, -0.2) is 93.8 Å². The van der Waals surface area contributed by atoms with Gasteiger partial charge in [0, 0.05) is 18.6 Å². The van der Waals surface area contributed by atoms with Gasteiger partial charge in [0.15, 0.2) is 34.4 Å². The maximum Gasteiger partial charge on any atom is 0.430 e. The van der Waals surface area contributed by atoms with Gasteiger partial charge in [0.1, 0.15) is 27.8 Å². The Morgan fingerprint density at radius 1 is 0.519 bits per heavy atom. The van der Waals surface area contributed by atoms with Crippen molar-refractivity contribution in [2.75, 3.05) is 15.9 Å². The van der Waals surface area contributed by atoms with Crippen molar-refractivity contribution in [2.45, 2.75) is 88.2 Å². The first kappa shape index (κ1) is 56.2. The van der Waals surface area contributed by atoms with Crippen molar-refractivity contribution in [1.29, 1.82) is 0 Å². The zero-order chi connectivity index (χ0) is 56.3. The number of hydrogen-bond acceptors (Lipinski definition) is 20. The number of aryl methyl sites for hydroxylation is 3. The summed E-state index contributed by atoms with van der Waals surface area (Å²) < 4.78 is 90.3. The molecule has 9 aromatic rings. The summed E-state index contributed by atoms with van der Waals surface area (Å²) in [7, 11) is -11.3. The number of nitrogens with two attached hydrogens (primary N) is 2. The lowest BCUT2D eigenvalue weighted by Gasteiger charge is -2.23. The molecule has 6 aromatic heterocycles. The Bertz CT molecular complexity index is 3970. The van der Waals surface area contributed by atoms with Gasteiger partial charge in [-0.3, -0.25) is 5.43 Å². The number of carbonyl (C=O) groups is 2. The van der Waals surface area contributed by atoms with Crippen LogP contribution in [-0.2, 0) is 39.5 Å². The van der Waals surface area contributed by atoms with Gasteiger partial charge in [-0.15, -0.1) is 0 Å². The highest BCUT2D eigenvalue weighted by Crippen LogP contribution is 2.25. The number of anilines is 3. The van der Waals surface area contributed by atoms with E-state index in [-0.39, 0.29) is 48.8 Å². The lowest BCUT2D eigenvalue weighted by Crippen LogP contribution is -2.42. The fourth-order valence-corrected chi connectivity index (χ4v) is 10.7. The molecule has 0 saturated heterocycles. The number of nitrogen functional groups attached to an aromatic ring is 1. The number of carbonyl (C=O) groups excluding carboxylic acids is 2. The van der Waals surface area contributed by atoms with E-state index >= 15 is 0 Å². The van der Waals surface area contributed by atoms with Crippen LogP contribution in [-0.4, -0.2) is 90.5 Å². The number of amides is 2. The van der Waals surface area contributed by atoms with E-state index in [2.05, 4.69) is 46.2 Å². The highest BCUT2D eigenvalue weighted by Gasteiger charge is 2.26. The maximum atomic E-state index is 12.9. The summed E-state index contributed by atoms with van der Waals surface area (Å²) in [5, 5.41) is 0.726. The number of nitrogens with one attached hydrogen (secondary N) is 3. The molecule has 0 atom stereocenters. The SMILES string of the molecule is Cc1ccc(S(=O)(=O)n2ccc3nc(N(N)C(=O)OC(C)(C)C)cnc32)cc1.Cc1ccc(S(=O)(=O)n2ccc3nc(NN)cnc32)cc1.Cc1ccc(S(=O)(=O)n2ccc3nc(NNC(=O)OC(C)(C)C)cnc32)cc1. The Morgan fingerprint density at radius 3 is 1.25 bits per heavy atom. The minimum absolute atomic E-state index is 0.0345. The van der Waals surface area contributed by atoms with Gasteiger partial charge in [0.2, 0.25) is 0 Å². The van der Waals surface area contributed by atoms with E-state index in [0.717, 1.165) is 33.6 Å². The molecule has 7 N–H and O–H groups in total. The number of ether oxygens (including phenoxy) is 2. The van der Waals surface area contributed by atoms with Crippen molar-refractivity contribution in [1.82, 2.24) is 47.2 Å². The topological polar surface area (TPSA) is 339 Å². The van der Waals surface area contributed by atoms with E-state index < -0.39 is 53.5 Å². The first-order chi connectivity index (χ1) is 36.1. The summed E-state index contributed by atoms with van der Waals surface area (Å²) in [6, 6.07) is 24.3. The summed E-state index contributed by atoms with van der Waals surface area (Å²) in [6.07, 6.45) is 6.63. The summed E-state index contributed by atoms with van der Waals surface area (Å²) in [4.78, 5) is 49.3. The molecule has 3 aromatic carbocycles. The van der Waals surface area contributed by atoms with Crippen molar-refractivity contribution in [3.8, 4) is 0 Å². The third-order valence-corrected chi connectivity index (χ3v) is 15.5. The van der Waals surface area contributed by atoms with Crippen molar-refractivity contribution in [3.63, 3.8) is 0 Å². The molecule has 0 radical (unpaired) electrons. The predicted molar refractivity (Wildman–Crippen MR) is 288 cm³/mol. The highest BCUT2D eigenvalue weighted by molar-refractivity contribution is 7.90. The third-order valence-electron chi connectivity index (χ3n) is 10.5. The van der Waals surface area contributed by atoms with Gasteiger partial charge in [-0.2, -0.15) is 5.01 Å². The number of hydrazine groups is 3. The third kappa shape index (κ3) is 13.1. The monoisotopic (exact) mass is 1110 g/mol. The maximum absolute atomic E-state index is 12.9. The van der Waals surface area contributed by atoms with Crippen LogP contribution in [0.5, 0.6) is 0 Å². The molecule has 0 spiro atoms. The second-order valence-electron chi connectivity index (χ2n) is 18.9. The molecule has 404 valence electrons. The molecule has 77 heavy (non-hydrogen) atoms. The van der Waals surface area contributed by atoms with Gasteiger partial charge in [-0.05, 0) is 117 Å². The van der Waals surface area contributed by atoms with Crippen LogP contribution in [0, 0.1) is 20.8 Å². The van der Waals surface area contributed by atoms with Crippen LogP contribution < -0.4 is 33.0 Å². The fraction of sp³-hybridized carbons (Fsp3) is 0.224. The summed E-state index contributed by atoms with van der Waals surface area (Å²) >= 11 is 0. The normalized spacial score (nSPS) is 12.0. The van der Waals surface area contributed by atoms with Gasteiger partial charge < -0.3 is 14.9 Å². The Kier molecular flexibility index (Phi) is 16.0. The molecule has 0 aliphatic rings. The average molecular weight is 1110 g/mol. The molecule has 25 nitrogen and oxygen atoms in total. The molecular formula is C49H55N15O10S3. The van der Waals surface area contributed by atoms with Gasteiger partial charge >= 0.3 is 12.2 Å². The zero-order valence-corrected chi connectivity index (χ0v) is 45.5. The Hall–Kier alpha value is -8.57. The quantitative estimate of drug-likeness (QED) is 0.0541. The van der Waals surface area contributed by atoms with Crippen LogP contribution in [0.15, 0.2) is 143 Å². The Balaban J connectivity index is 0.000000170. The largest absolute Gasteiger partial charge is 0.443 e. The number of hydrogen-bond donors (Lipinski definition) is 5. The van der Waals surface area contributed by atoms with E-state index in [1.165, 1.54) is 61.4 Å². The van der Waals surface area contributed by atoms with Crippen LogP contribution in [0.25, 0.3) is 33.5 Å². The molecule has 0 fully saturated rings. The summed E-state index contributed by atoms with van der Waals surface area (Å²) in [5.41, 5.74) is 10.5. The van der Waals surface area contributed by atoms with Crippen molar-refractivity contribution in [3.05, 3.63) is 145 Å². The van der Waals surface area contributed by atoms with Gasteiger partial charge in [-0.1, -0.05) is 53.1 Å². The molecule has 0 bridgehead atoms. The number of rotatable bonds is 10. The molecule has 6 heterocycles. The van der Waals surface area contributed by atoms with E-state index in [1.807, 2.05) is 20.8 Å². The fourth-order valence-electron chi connectivity index (χ4n) is 6.78. The van der Waals surface area contributed by atoms with Crippen LogP contribution in [0.1, 0.15) is 58.2 Å². The van der Waals surface area contributed by atoms with E-state index in [0.29, 0.717) is 16.9 Å². The standard InChI is InChI=1S/2C18H21N5O4S.C13H13N5O2S/c1-12-5-7-13(8-6-12)28(25,26)22-10-9-14-16(22)20-11-15(21-14)23(19)17(24)27-18(2,3)4;1-12-5-7-13(8-6-12)28(25,26)23-10-9-14-16(23)19-11-15(20-14)21-22-17(24)27-18(2,3)4;1-9-2-4-10(5-3-9)21(19,20)18-7-6-11-13(18)15-8-12(16-11)17-14/h5-11H,19H2,1-4H3;5-11H,1-4H3,(H,20,21)(H,22,24);2-8H,14H2,1H3,(H,16,17). The highest BCUT2D eigenvalue weighted by atomic mass is 32.2. The summed E-state index contributed by atoms with van der Waals surface area (Å²) in [6.45, 7) is 16.0. The van der Waals surface area contributed by atoms with Crippen LogP contribution in [0.4, 0.5) is 27.0 Å². The number of fused-ring (bicyclic) bond motifs is 3. The minimum Gasteiger partial charge on any atom is -0.443 e. The molecule has 28 heteroatoms. The molecule has 9 rings (SSSR count). The van der Waals surface area contributed by atoms with E-state index in [9.17, 15) is 34.8 Å². The zero-order valence-electron chi connectivity index (χ0n) is 43.1. The molecule has 0 unspecified atom stereocenters. The number of nitrogens with zero attached hydrogens (tertiary/aromatic N) is 10. The molecule has 0 saturated carbocycles. The lowest BCUT2D eigenvalue weighted by atomic mass is 10.2. The molecular weight excluding hydrogens is 1050 g/mol. The summed E-state index contributed by atoms with van der Waals surface area (Å²) in [5.74, 6) is 11.7. The van der Waals surface area contributed by atoms with Gasteiger partial charge in [0.05, 0.1) is 33.3 Å². The van der Waals surface area contributed by atoms with Gasteiger partial charge in [0.25, 0.3) is 30.1 Å². The minimum atomic E-state index is -3.83. The smallest absolute Gasteiger partial charge is 0.430 e. The van der Waals surface area contributed by atoms with Crippen LogP contribution >= 0.6 is 0 Å². The van der Waals surface area contributed by atoms with Crippen molar-refractivity contribution < 1.29 is 44.3 Å².